The van der Waals surface area contributed by atoms with E-state index in [0.29, 0.717) is 6.04 Å². The van der Waals surface area contributed by atoms with E-state index < -0.39 is 0 Å². The van der Waals surface area contributed by atoms with Gasteiger partial charge >= 0.3 is 0 Å². The zero-order valence-electron chi connectivity index (χ0n) is 11.1. The fourth-order valence-electron chi connectivity index (χ4n) is 0.333. The summed E-state index contributed by atoms with van der Waals surface area (Å²) in [4.78, 5) is 0. The number of rotatable bonds is 2. The highest BCUT2D eigenvalue weighted by molar-refractivity contribution is 4.59. The summed E-state index contributed by atoms with van der Waals surface area (Å²) in [6.45, 7) is 20.6. The predicted molar refractivity (Wildman–Crippen MR) is 67.3 cm³/mol. The molecule has 84 valence electrons. The Balaban J connectivity index is -0.0000000573. The van der Waals surface area contributed by atoms with Gasteiger partial charge in [0, 0.05) is 6.04 Å². The van der Waals surface area contributed by atoms with Crippen LogP contribution in [0, 0.1) is 5.92 Å². The molecule has 1 atom stereocenters. The van der Waals surface area contributed by atoms with Gasteiger partial charge in [0.1, 0.15) is 0 Å². The summed E-state index contributed by atoms with van der Waals surface area (Å²) >= 11 is 0. The van der Waals surface area contributed by atoms with Gasteiger partial charge in [-0.3, -0.25) is 0 Å². The van der Waals surface area contributed by atoms with Crippen LogP contribution in [-0.2, 0) is 0 Å². The summed E-state index contributed by atoms with van der Waals surface area (Å²) in [5.41, 5.74) is 0. The third-order valence-corrected chi connectivity index (χ3v) is 1.46. The van der Waals surface area contributed by atoms with Crippen LogP contribution >= 0.6 is 0 Å². The quantitative estimate of drug-likeness (QED) is 0.645. The van der Waals surface area contributed by atoms with E-state index >= 15 is 0 Å². The van der Waals surface area contributed by atoms with Gasteiger partial charge in [-0.1, -0.05) is 41.5 Å². The average Bonchev–Trinajstić information content (AvgIpc) is 2.25. The molecule has 0 heterocycles. The highest BCUT2D eigenvalue weighted by atomic mass is 14.9. The first-order valence-corrected chi connectivity index (χ1v) is 5.35. The Bertz CT molecular complexity index is 51.1. The van der Waals surface area contributed by atoms with Crippen LogP contribution in [0.5, 0.6) is 0 Å². The molecule has 0 saturated heterocycles. The van der Waals surface area contributed by atoms with E-state index in [1.807, 2.05) is 34.7 Å². The third-order valence-electron chi connectivity index (χ3n) is 1.46. The highest BCUT2D eigenvalue weighted by Crippen LogP contribution is 1.96. The van der Waals surface area contributed by atoms with Gasteiger partial charge in [-0.25, -0.2) is 0 Å². The standard InChI is InChI=1S/C6H15N.2C2H6.C2H4/c1-5(2)6(3)7-4;3*1-2/h5-7H,1-4H3;2*1-2H3;1-2H2. The summed E-state index contributed by atoms with van der Waals surface area (Å²) in [6.07, 6.45) is 0. The fourth-order valence-corrected chi connectivity index (χ4v) is 0.333. The molecule has 13 heavy (non-hydrogen) atoms. The average molecular weight is 189 g/mol. The number of nitrogens with one attached hydrogen (secondary N) is 1. The van der Waals surface area contributed by atoms with Crippen molar-refractivity contribution in [3.63, 3.8) is 0 Å². The molecule has 0 aromatic heterocycles. The van der Waals surface area contributed by atoms with Crippen LogP contribution in [0.25, 0.3) is 0 Å². The molecule has 1 N–H and O–H groups in total. The molecule has 0 rings (SSSR count). The minimum atomic E-state index is 0.653. The number of hydrogen-bond acceptors (Lipinski definition) is 1. The van der Waals surface area contributed by atoms with Gasteiger partial charge < -0.3 is 5.32 Å². The molecule has 0 aromatic rings. The molecule has 0 fully saturated rings. The van der Waals surface area contributed by atoms with Crippen LogP contribution in [0.15, 0.2) is 13.2 Å². The van der Waals surface area contributed by atoms with Gasteiger partial charge in [-0.15, -0.1) is 13.2 Å². The second-order valence-electron chi connectivity index (χ2n) is 2.32. The molecule has 1 heteroatoms. The Morgan fingerprint density at radius 2 is 1.08 bits per heavy atom. The van der Waals surface area contributed by atoms with Crippen LogP contribution in [0.4, 0.5) is 0 Å². The second-order valence-corrected chi connectivity index (χ2v) is 2.32. The molecule has 0 aliphatic rings. The van der Waals surface area contributed by atoms with E-state index in [4.69, 9.17) is 0 Å². The Morgan fingerprint density at radius 3 is 1.08 bits per heavy atom. The topological polar surface area (TPSA) is 12.0 Å². The first-order chi connectivity index (χ1) is 6.18. The zero-order chi connectivity index (χ0) is 11.9. The molecular weight excluding hydrogens is 158 g/mol. The van der Waals surface area contributed by atoms with Crippen LogP contribution in [0.1, 0.15) is 48.5 Å². The van der Waals surface area contributed by atoms with Gasteiger partial charge in [-0.05, 0) is 19.9 Å². The van der Waals surface area contributed by atoms with E-state index in [2.05, 4.69) is 39.2 Å². The van der Waals surface area contributed by atoms with Crippen LogP contribution in [0.3, 0.4) is 0 Å². The summed E-state index contributed by atoms with van der Waals surface area (Å²) < 4.78 is 0. The summed E-state index contributed by atoms with van der Waals surface area (Å²) in [5, 5.41) is 3.16. The molecule has 1 nitrogen and oxygen atoms in total. The minimum Gasteiger partial charge on any atom is -0.317 e. The van der Waals surface area contributed by atoms with Gasteiger partial charge in [0.2, 0.25) is 0 Å². The highest BCUT2D eigenvalue weighted by Gasteiger charge is 2.00. The first kappa shape index (κ1) is 23.0. The summed E-state index contributed by atoms with van der Waals surface area (Å²) in [6, 6.07) is 0.653. The molecule has 1 unspecified atom stereocenters. The molecule has 0 aromatic carbocycles. The normalized spacial score (nSPS) is 9.31. The van der Waals surface area contributed by atoms with E-state index in [1.54, 1.807) is 0 Å². The maximum Gasteiger partial charge on any atom is 0.00587 e. The van der Waals surface area contributed by atoms with Crippen LogP contribution in [0.2, 0.25) is 0 Å². The lowest BCUT2D eigenvalue weighted by molar-refractivity contribution is 0.459. The molecular formula is C12H31N. The van der Waals surface area contributed by atoms with Crippen molar-refractivity contribution in [3.8, 4) is 0 Å². The first-order valence-electron chi connectivity index (χ1n) is 5.35. The largest absolute Gasteiger partial charge is 0.317 e. The van der Waals surface area contributed by atoms with Crippen LogP contribution < -0.4 is 5.32 Å². The SMILES string of the molecule is C=C.CC.CC.CNC(C)C(C)C. The van der Waals surface area contributed by atoms with E-state index in [-0.39, 0.29) is 0 Å². The van der Waals surface area contributed by atoms with Gasteiger partial charge in [0.05, 0.1) is 0 Å². The predicted octanol–water partition coefficient (Wildman–Crippen LogP) is 4.10. The lowest BCUT2D eigenvalue weighted by Gasteiger charge is -2.12. The fraction of sp³-hybridized carbons (Fsp3) is 0.833. The molecule has 0 aliphatic carbocycles. The van der Waals surface area contributed by atoms with Gasteiger partial charge in [0.15, 0.2) is 0 Å². The van der Waals surface area contributed by atoms with E-state index in [0.717, 1.165) is 5.92 Å². The van der Waals surface area contributed by atoms with E-state index in [9.17, 15) is 0 Å². The summed E-state index contributed by atoms with van der Waals surface area (Å²) in [5.74, 6) is 0.755. The maximum atomic E-state index is 3.16. The van der Waals surface area contributed by atoms with Crippen molar-refractivity contribution in [2.75, 3.05) is 7.05 Å². The Labute approximate surface area is 86.6 Å². The Kier molecular flexibility index (Phi) is 52.7. The van der Waals surface area contributed by atoms with E-state index in [1.165, 1.54) is 0 Å². The molecule has 0 amide bonds. The molecule has 0 bridgehead atoms. The van der Waals surface area contributed by atoms with Crippen molar-refractivity contribution in [2.24, 2.45) is 5.92 Å². The summed E-state index contributed by atoms with van der Waals surface area (Å²) in [7, 11) is 1.99. The van der Waals surface area contributed by atoms with Crippen molar-refractivity contribution in [2.45, 2.75) is 54.5 Å². The maximum absolute atomic E-state index is 3.16. The van der Waals surface area contributed by atoms with Crippen molar-refractivity contribution >= 4 is 0 Å². The van der Waals surface area contributed by atoms with Crippen molar-refractivity contribution < 1.29 is 0 Å². The smallest absolute Gasteiger partial charge is 0.00587 e. The zero-order valence-corrected chi connectivity index (χ0v) is 11.1. The molecule has 0 radical (unpaired) electrons. The van der Waals surface area contributed by atoms with Crippen molar-refractivity contribution in [1.82, 2.24) is 5.32 Å². The Morgan fingerprint density at radius 1 is 0.846 bits per heavy atom. The van der Waals surface area contributed by atoms with Crippen LogP contribution in [-0.4, -0.2) is 13.1 Å². The van der Waals surface area contributed by atoms with Crippen molar-refractivity contribution in [3.05, 3.63) is 13.2 Å². The molecule has 0 saturated carbocycles. The Hall–Kier alpha value is -0.300. The second kappa shape index (κ2) is 29.8. The monoisotopic (exact) mass is 189 g/mol. The third kappa shape index (κ3) is 33.9. The lowest BCUT2D eigenvalue weighted by Crippen LogP contribution is -2.26. The van der Waals surface area contributed by atoms with Crippen molar-refractivity contribution in [1.29, 1.82) is 0 Å². The number of hydrogen-bond donors (Lipinski definition) is 1. The molecule has 0 aliphatic heterocycles. The van der Waals surface area contributed by atoms with Gasteiger partial charge in [-0.2, -0.15) is 0 Å². The lowest BCUT2D eigenvalue weighted by atomic mass is 10.1. The molecule has 0 spiro atoms. The van der Waals surface area contributed by atoms with Gasteiger partial charge in [0.25, 0.3) is 0 Å². The minimum absolute atomic E-state index is 0.653.